The van der Waals surface area contributed by atoms with Gasteiger partial charge in [0.05, 0.1) is 0 Å². The summed E-state index contributed by atoms with van der Waals surface area (Å²) in [5.74, 6) is 0. The summed E-state index contributed by atoms with van der Waals surface area (Å²) in [6, 6.07) is 7.08. The summed E-state index contributed by atoms with van der Waals surface area (Å²) < 4.78 is 0. The van der Waals surface area contributed by atoms with Crippen LogP contribution in [0.1, 0.15) is 30.0 Å². The van der Waals surface area contributed by atoms with E-state index in [0.717, 1.165) is 5.69 Å². The minimum absolute atomic E-state index is 0.603. The monoisotopic (exact) mass is 245 g/mol. The highest BCUT2D eigenvalue weighted by Gasteiger charge is 2.27. The highest BCUT2D eigenvalue weighted by atomic mass is 15.3. The van der Waals surface area contributed by atoms with Crippen LogP contribution in [0.3, 0.4) is 0 Å². The lowest BCUT2D eigenvalue weighted by Gasteiger charge is -2.40. The van der Waals surface area contributed by atoms with E-state index in [4.69, 9.17) is 5.73 Å². The van der Waals surface area contributed by atoms with Crippen LogP contribution in [0.4, 0.5) is 5.69 Å². The maximum atomic E-state index is 5.97. The van der Waals surface area contributed by atoms with Gasteiger partial charge in [-0.25, -0.2) is 0 Å². The molecular weight excluding hydrogens is 222 g/mol. The van der Waals surface area contributed by atoms with Gasteiger partial charge in [0.2, 0.25) is 0 Å². The Hall–Kier alpha value is -1.06. The van der Waals surface area contributed by atoms with Crippen molar-refractivity contribution in [1.29, 1.82) is 0 Å². The van der Waals surface area contributed by atoms with Crippen LogP contribution in [0.2, 0.25) is 0 Å². The zero-order chi connectivity index (χ0) is 12.5. The van der Waals surface area contributed by atoms with Crippen molar-refractivity contribution in [3.63, 3.8) is 0 Å². The van der Waals surface area contributed by atoms with Crippen LogP contribution in [-0.2, 0) is 6.42 Å². The van der Waals surface area contributed by atoms with E-state index in [2.05, 4.69) is 29.0 Å². The molecule has 0 bridgehead atoms. The van der Waals surface area contributed by atoms with Crippen LogP contribution in [0.25, 0.3) is 0 Å². The number of piperazine rings is 1. The minimum Gasteiger partial charge on any atom is -0.399 e. The maximum Gasteiger partial charge on any atom is 0.0352 e. The molecule has 0 saturated carbocycles. The molecule has 0 amide bonds. The molecule has 1 heterocycles. The van der Waals surface area contributed by atoms with Crippen LogP contribution >= 0.6 is 0 Å². The molecule has 2 N–H and O–H groups in total. The summed E-state index contributed by atoms with van der Waals surface area (Å²) in [7, 11) is 2.21. The highest BCUT2D eigenvalue weighted by molar-refractivity contribution is 5.47. The second-order valence-electron chi connectivity index (χ2n) is 5.71. The Morgan fingerprint density at radius 1 is 1.17 bits per heavy atom. The van der Waals surface area contributed by atoms with E-state index in [1.165, 1.54) is 56.6 Å². The summed E-state index contributed by atoms with van der Waals surface area (Å²) in [5, 5.41) is 0. The Bertz CT molecular complexity index is 422. The van der Waals surface area contributed by atoms with Crippen molar-refractivity contribution in [3.05, 3.63) is 29.3 Å². The molecule has 0 aromatic heterocycles. The quantitative estimate of drug-likeness (QED) is 0.767. The molecule has 1 fully saturated rings. The Kier molecular flexibility index (Phi) is 3.27. The molecule has 0 unspecified atom stereocenters. The first-order valence-corrected chi connectivity index (χ1v) is 7.05. The van der Waals surface area contributed by atoms with Crippen LogP contribution in [0.5, 0.6) is 0 Å². The van der Waals surface area contributed by atoms with Crippen molar-refractivity contribution in [1.82, 2.24) is 9.80 Å². The van der Waals surface area contributed by atoms with E-state index in [1.54, 1.807) is 0 Å². The molecule has 98 valence electrons. The number of likely N-dealkylation sites (N-methyl/N-ethyl adjacent to an activating group) is 1. The third-order valence-electron chi connectivity index (χ3n) is 4.43. The first-order valence-electron chi connectivity index (χ1n) is 7.05. The van der Waals surface area contributed by atoms with Gasteiger partial charge in [-0.05, 0) is 49.6 Å². The average Bonchev–Trinajstić information content (AvgIpc) is 2.39. The Morgan fingerprint density at radius 3 is 2.72 bits per heavy atom. The van der Waals surface area contributed by atoms with Crippen LogP contribution in [-0.4, -0.2) is 43.0 Å². The molecular formula is C15H23N3. The molecule has 2 aliphatic rings. The number of hydrogen-bond acceptors (Lipinski definition) is 3. The Labute approximate surface area is 110 Å². The standard InChI is InChI=1S/C15H23N3/c1-17-7-9-18(10-8-17)15-4-2-3-12-5-6-13(16)11-14(12)15/h5-6,11,15H,2-4,7-10,16H2,1H3/t15-/m0/s1. The molecule has 18 heavy (non-hydrogen) atoms. The molecule has 1 aliphatic carbocycles. The van der Waals surface area contributed by atoms with Gasteiger partial charge >= 0.3 is 0 Å². The maximum absolute atomic E-state index is 5.97. The third kappa shape index (κ3) is 2.25. The van der Waals surface area contributed by atoms with Crippen LogP contribution in [0.15, 0.2) is 18.2 Å². The van der Waals surface area contributed by atoms with Crippen molar-refractivity contribution in [2.45, 2.75) is 25.3 Å². The number of nitrogens with zero attached hydrogens (tertiary/aromatic N) is 2. The Balaban J connectivity index is 1.84. The lowest BCUT2D eigenvalue weighted by atomic mass is 9.86. The van der Waals surface area contributed by atoms with E-state index in [0.29, 0.717) is 6.04 Å². The van der Waals surface area contributed by atoms with E-state index >= 15 is 0 Å². The zero-order valence-corrected chi connectivity index (χ0v) is 11.2. The van der Waals surface area contributed by atoms with E-state index < -0.39 is 0 Å². The van der Waals surface area contributed by atoms with Crippen molar-refractivity contribution >= 4 is 5.69 Å². The lowest BCUT2D eigenvalue weighted by molar-refractivity contribution is 0.102. The normalized spacial score (nSPS) is 25.9. The molecule has 3 heteroatoms. The molecule has 1 aliphatic heterocycles. The first-order chi connectivity index (χ1) is 8.74. The van der Waals surface area contributed by atoms with E-state index in [1.807, 2.05) is 6.07 Å². The van der Waals surface area contributed by atoms with Gasteiger partial charge in [0.25, 0.3) is 0 Å². The lowest BCUT2D eigenvalue weighted by Crippen LogP contribution is -2.46. The number of rotatable bonds is 1. The molecule has 1 aromatic carbocycles. The number of hydrogen-bond donors (Lipinski definition) is 1. The number of aryl methyl sites for hydroxylation is 1. The number of fused-ring (bicyclic) bond motifs is 1. The first kappa shape index (κ1) is 12.0. The number of anilines is 1. The molecule has 1 atom stereocenters. The topological polar surface area (TPSA) is 32.5 Å². The molecule has 1 saturated heterocycles. The minimum atomic E-state index is 0.603. The van der Waals surface area contributed by atoms with Gasteiger partial charge in [-0.2, -0.15) is 0 Å². The highest BCUT2D eigenvalue weighted by Crippen LogP contribution is 2.35. The molecule has 1 aromatic rings. The summed E-state index contributed by atoms with van der Waals surface area (Å²) in [5.41, 5.74) is 9.89. The second kappa shape index (κ2) is 4.90. The predicted molar refractivity (Wildman–Crippen MR) is 75.6 cm³/mol. The van der Waals surface area contributed by atoms with Gasteiger partial charge in [-0.3, -0.25) is 4.90 Å². The van der Waals surface area contributed by atoms with Gasteiger partial charge in [-0.1, -0.05) is 6.07 Å². The van der Waals surface area contributed by atoms with Gasteiger partial charge in [0.1, 0.15) is 0 Å². The van der Waals surface area contributed by atoms with E-state index in [-0.39, 0.29) is 0 Å². The van der Waals surface area contributed by atoms with Gasteiger partial charge in [0.15, 0.2) is 0 Å². The predicted octanol–water partition coefficient (Wildman–Crippen LogP) is 1.89. The van der Waals surface area contributed by atoms with Crippen LogP contribution < -0.4 is 5.73 Å². The summed E-state index contributed by atoms with van der Waals surface area (Å²) in [6.45, 7) is 4.76. The summed E-state index contributed by atoms with van der Waals surface area (Å²) in [6.07, 6.45) is 3.83. The van der Waals surface area contributed by atoms with Crippen molar-refractivity contribution < 1.29 is 0 Å². The van der Waals surface area contributed by atoms with Crippen molar-refractivity contribution in [2.75, 3.05) is 39.0 Å². The van der Waals surface area contributed by atoms with E-state index in [9.17, 15) is 0 Å². The molecule has 3 rings (SSSR count). The van der Waals surface area contributed by atoms with Gasteiger partial charge in [-0.15, -0.1) is 0 Å². The fraction of sp³-hybridized carbons (Fsp3) is 0.600. The summed E-state index contributed by atoms with van der Waals surface area (Å²) >= 11 is 0. The van der Waals surface area contributed by atoms with Crippen molar-refractivity contribution in [2.24, 2.45) is 0 Å². The van der Waals surface area contributed by atoms with Crippen LogP contribution in [0, 0.1) is 0 Å². The Morgan fingerprint density at radius 2 is 1.94 bits per heavy atom. The van der Waals surface area contributed by atoms with Crippen molar-refractivity contribution in [3.8, 4) is 0 Å². The fourth-order valence-electron chi connectivity index (χ4n) is 3.31. The zero-order valence-electron chi connectivity index (χ0n) is 11.2. The molecule has 0 spiro atoms. The number of benzene rings is 1. The smallest absolute Gasteiger partial charge is 0.0352 e. The van der Waals surface area contributed by atoms with Gasteiger partial charge in [0, 0.05) is 37.9 Å². The average molecular weight is 245 g/mol. The largest absolute Gasteiger partial charge is 0.399 e. The number of nitrogens with two attached hydrogens (primary N) is 1. The summed E-state index contributed by atoms with van der Waals surface area (Å²) in [4.78, 5) is 5.07. The fourth-order valence-corrected chi connectivity index (χ4v) is 3.31. The molecule has 3 nitrogen and oxygen atoms in total. The SMILES string of the molecule is CN1CCN([C@H]2CCCc3ccc(N)cc32)CC1. The third-order valence-corrected chi connectivity index (χ3v) is 4.43. The number of nitrogen functional groups attached to an aromatic ring is 1. The van der Waals surface area contributed by atoms with Gasteiger partial charge < -0.3 is 10.6 Å². The second-order valence-corrected chi connectivity index (χ2v) is 5.71. The molecule has 0 radical (unpaired) electrons.